The minimum atomic E-state index is -0.403. The summed E-state index contributed by atoms with van der Waals surface area (Å²) < 4.78 is 5.03. The molecule has 0 bridgehead atoms. The van der Waals surface area contributed by atoms with Crippen molar-refractivity contribution in [3.63, 3.8) is 0 Å². The zero-order chi connectivity index (χ0) is 15.6. The predicted molar refractivity (Wildman–Crippen MR) is 86.3 cm³/mol. The molecule has 3 rings (SSSR count). The van der Waals surface area contributed by atoms with Gasteiger partial charge in [0.05, 0.1) is 18.6 Å². The molecule has 22 heavy (non-hydrogen) atoms. The molecule has 0 fully saturated rings. The molecule has 1 aliphatic rings. The third kappa shape index (κ3) is 2.53. The molecule has 2 atom stereocenters. The Labute approximate surface area is 131 Å². The van der Waals surface area contributed by atoms with Crippen molar-refractivity contribution in [3.8, 4) is 0 Å². The van der Waals surface area contributed by atoms with Crippen LogP contribution in [-0.4, -0.2) is 13.1 Å². The van der Waals surface area contributed by atoms with Gasteiger partial charge in [-0.3, -0.25) is 4.79 Å². The van der Waals surface area contributed by atoms with Gasteiger partial charge in [0.15, 0.2) is 0 Å². The van der Waals surface area contributed by atoms with Crippen molar-refractivity contribution in [1.82, 2.24) is 5.32 Å². The minimum Gasteiger partial charge on any atom is -0.469 e. The van der Waals surface area contributed by atoms with Crippen molar-refractivity contribution in [2.24, 2.45) is 5.92 Å². The number of benzene rings is 2. The van der Waals surface area contributed by atoms with E-state index in [-0.39, 0.29) is 11.9 Å². The standard InChI is InChI=1S/C19H21NO2/c1-19(20-13-14-8-4-3-5-9-14)16-11-7-6-10-15(16)12-17(19)18(21)22-2/h3-11,17,20H,12-13H2,1-2H3. The number of ether oxygens (including phenoxy) is 1. The smallest absolute Gasteiger partial charge is 0.311 e. The van der Waals surface area contributed by atoms with Gasteiger partial charge in [-0.05, 0) is 30.0 Å². The van der Waals surface area contributed by atoms with Crippen LogP contribution in [0.5, 0.6) is 0 Å². The van der Waals surface area contributed by atoms with Crippen molar-refractivity contribution >= 4 is 5.97 Å². The van der Waals surface area contributed by atoms with E-state index >= 15 is 0 Å². The summed E-state index contributed by atoms with van der Waals surface area (Å²) in [5, 5.41) is 3.59. The van der Waals surface area contributed by atoms with Crippen LogP contribution in [0.25, 0.3) is 0 Å². The Hall–Kier alpha value is -2.13. The lowest BCUT2D eigenvalue weighted by atomic mass is 9.85. The molecule has 2 aromatic carbocycles. The van der Waals surface area contributed by atoms with Gasteiger partial charge in [0.25, 0.3) is 0 Å². The molecule has 0 saturated heterocycles. The van der Waals surface area contributed by atoms with Crippen LogP contribution in [0.1, 0.15) is 23.6 Å². The average molecular weight is 295 g/mol. The highest BCUT2D eigenvalue weighted by Crippen LogP contribution is 2.42. The lowest BCUT2D eigenvalue weighted by Gasteiger charge is -2.32. The van der Waals surface area contributed by atoms with Crippen LogP contribution in [0, 0.1) is 5.92 Å². The van der Waals surface area contributed by atoms with Gasteiger partial charge in [-0.2, -0.15) is 0 Å². The zero-order valence-corrected chi connectivity index (χ0v) is 13.0. The van der Waals surface area contributed by atoms with E-state index in [2.05, 4.69) is 36.5 Å². The quantitative estimate of drug-likeness (QED) is 0.881. The maximum atomic E-state index is 12.2. The van der Waals surface area contributed by atoms with Gasteiger partial charge in [-0.15, -0.1) is 0 Å². The van der Waals surface area contributed by atoms with Gasteiger partial charge in [0, 0.05) is 6.54 Å². The van der Waals surface area contributed by atoms with Gasteiger partial charge in [0.2, 0.25) is 0 Å². The molecule has 0 heterocycles. The van der Waals surface area contributed by atoms with Gasteiger partial charge < -0.3 is 10.1 Å². The number of esters is 1. The number of nitrogens with one attached hydrogen (secondary N) is 1. The zero-order valence-electron chi connectivity index (χ0n) is 13.0. The van der Waals surface area contributed by atoms with Crippen LogP contribution in [-0.2, 0) is 28.0 Å². The third-order valence-corrected chi connectivity index (χ3v) is 4.69. The summed E-state index contributed by atoms with van der Waals surface area (Å²) in [7, 11) is 1.46. The number of hydrogen-bond donors (Lipinski definition) is 1. The van der Waals surface area contributed by atoms with Crippen LogP contribution in [0.4, 0.5) is 0 Å². The molecular weight excluding hydrogens is 274 g/mol. The third-order valence-electron chi connectivity index (χ3n) is 4.69. The SMILES string of the molecule is COC(=O)C1Cc2ccccc2C1(C)NCc1ccccc1. The van der Waals surface area contributed by atoms with E-state index in [0.717, 1.165) is 13.0 Å². The molecule has 3 heteroatoms. The molecule has 1 N–H and O–H groups in total. The lowest BCUT2D eigenvalue weighted by Crippen LogP contribution is -2.46. The highest BCUT2D eigenvalue weighted by Gasteiger charge is 2.47. The molecule has 3 nitrogen and oxygen atoms in total. The van der Waals surface area contributed by atoms with Crippen molar-refractivity contribution in [3.05, 3.63) is 71.3 Å². The van der Waals surface area contributed by atoms with Crippen LogP contribution in [0.15, 0.2) is 54.6 Å². The Morgan fingerprint density at radius 1 is 1.18 bits per heavy atom. The molecule has 2 unspecified atom stereocenters. The van der Waals surface area contributed by atoms with Gasteiger partial charge >= 0.3 is 5.97 Å². The first-order valence-electron chi connectivity index (χ1n) is 7.60. The fourth-order valence-electron chi connectivity index (χ4n) is 3.38. The van der Waals surface area contributed by atoms with Gasteiger partial charge in [-0.25, -0.2) is 0 Å². The number of rotatable bonds is 4. The number of fused-ring (bicyclic) bond motifs is 1. The number of methoxy groups -OCH3 is 1. The summed E-state index contributed by atoms with van der Waals surface area (Å²) in [5.41, 5.74) is 3.22. The fraction of sp³-hybridized carbons (Fsp3) is 0.316. The first kappa shape index (κ1) is 14.8. The normalized spacial score (nSPS) is 23.1. The van der Waals surface area contributed by atoms with Gasteiger partial charge in [-0.1, -0.05) is 54.6 Å². The number of carbonyl (C=O) groups excluding carboxylic acids is 1. The fourth-order valence-corrected chi connectivity index (χ4v) is 3.38. The molecule has 0 radical (unpaired) electrons. The first-order valence-corrected chi connectivity index (χ1v) is 7.60. The monoisotopic (exact) mass is 295 g/mol. The van der Waals surface area contributed by atoms with Gasteiger partial charge in [0.1, 0.15) is 0 Å². The first-order chi connectivity index (χ1) is 10.6. The minimum absolute atomic E-state index is 0.153. The molecule has 0 saturated carbocycles. The lowest BCUT2D eigenvalue weighted by molar-refractivity contribution is -0.148. The van der Waals surface area contributed by atoms with E-state index in [4.69, 9.17) is 4.74 Å². The highest BCUT2D eigenvalue weighted by atomic mass is 16.5. The van der Waals surface area contributed by atoms with E-state index in [0.29, 0.717) is 0 Å². The van der Waals surface area contributed by atoms with Crippen molar-refractivity contribution < 1.29 is 9.53 Å². The predicted octanol–water partition coefficient (Wildman–Crippen LogP) is 3.04. The summed E-state index contributed by atoms with van der Waals surface area (Å²) in [4.78, 5) is 12.2. The summed E-state index contributed by atoms with van der Waals surface area (Å²) in [6.07, 6.45) is 0.723. The number of hydrogen-bond acceptors (Lipinski definition) is 3. The summed E-state index contributed by atoms with van der Waals surface area (Å²) in [6, 6.07) is 18.5. The summed E-state index contributed by atoms with van der Waals surface area (Å²) in [6.45, 7) is 2.82. The van der Waals surface area contributed by atoms with Crippen molar-refractivity contribution in [2.45, 2.75) is 25.4 Å². The highest BCUT2D eigenvalue weighted by molar-refractivity contribution is 5.76. The molecule has 2 aromatic rings. The van der Waals surface area contributed by atoms with Crippen LogP contribution in [0.3, 0.4) is 0 Å². The number of carbonyl (C=O) groups is 1. The van der Waals surface area contributed by atoms with Crippen molar-refractivity contribution in [2.75, 3.05) is 7.11 Å². The second-order valence-corrected chi connectivity index (χ2v) is 5.98. The molecule has 0 amide bonds. The van der Waals surface area contributed by atoms with E-state index in [1.165, 1.54) is 23.8 Å². The Morgan fingerprint density at radius 3 is 2.59 bits per heavy atom. The van der Waals surface area contributed by atoms with Crippen molar-refractivity contribution in [1.29, 1.82) is 0 Å². The van der Waals surface area contributed by atoms with E-state index in [9.17, 15) is 4.79 Å². The molecule has 0 aliphatic heterocycles. The second-order valence-electron chi connectivity index (χ2n) is 5.98. The molecule has 0 aromatic heterocycles. The van der Waals surface area contributed by atoms with E-state index in [1.807, 2.05) is 30.3 Å². The van der Waals surface area contributed by atoms with E-state index < -0.39 is 5.54 Å². The second kappa shape index (κ2) is 5.93. The Morgan fingerprint density at radius 2 is 1.86 bits per heavy atom. The summed E-state index contributed by atoms with van der Waals surface area (Å²) >= 11 is 0. The van der Waals surface area contributed by atoms with Crippen LogP contribution < -0.4 is 5.32 Å². The Balaban J connectivity index is 1.90. The average Bonchev–Trinajstić information content (AvgIpc) is 2.87. The Kier molecular flexibility index (Phi) is 3.99. The van der Waals surface area contributed by atoms with Crippen LogP contribution in [0.2, 0.25) is 0 Å². The molecule has 0 spiro atoms. The molecule has 114 valence electrons. The topological polar surface area (TPSA) is 38.3 Å². The van der Waals surface area contributed by atoms with E-state index in [1.54, 1.807) is 0 Å². The Bertz CT molecular complexity index is 668. The summed E-state index contributed by atoms with van der Waals surface area (Å²) in [5.74, 6) is -0.349. The maximum absolute atomic E-state index is 12.2. The van der Waals surface area contributed by atoms with Crippen LogP contribution >= 0.6 is 0 Å². The largest absolute Gasteiger partial charge is 0.469 e. The maximum Gasteiger partial charge on any atom is 0.311 e. The molecular formula is C19H21NO2. The molecule has 1 aliphatic carbocycles.